The quantitative estimate of drug-likeness (QED) is 0.855. The van der Waals surface area contributed by atoms with Gasteiger partial charge in [0.1, 0.15) is 0 Å². The third-order valence-corrected chi connectivity index (χ3v) is 3.13. The molecule has 1 N–H and O–H groups in total. The van der Waals surface area contributed by atoms with Crippen LogP contribution in [0.1, 0.15) is 23.1 Å². The molecule has 1 aromatic heterocycles. The number of benzene rings is 1. The van der Waals surface area contributed by atoms with E-state index >= 15 is 0 Å². The standard InChI is InChI=1S/C14H14N2O/c1-9-5-6-11-8-12(4-3-7-15)14(17)16-13(11)10(9)2/h5-6,8H,3-4H2,1-2H3,(H,16,17). The molecule has 3 nitrogen and oxygen atoms in total. The summed E-state index contributed by atoms with van der Waals surface area (Å²) in [5, 5.41) is 9.58. The minimum atomic E-state index is -0.0820. The normalized spacial score (nSPS) is 10.4. The van der Waals surface area contributed by atoms with Crippen molar-refractivity contribution in [2.75, 3.05) is 0 Å². The Kier molecular flexibility index (Phi) is 2.97. The van der Waals surface area contributed by atoms with E-state index in [0.717, 1.165) is 22.0 Å². The first kappa shape index (κ1) is 11.4. The molecule has 3 heteroatoms. The Balaban J connectivity index is 2.63. The molecular weight excluding hydrogens is 212 g/mol. The third kappa shape index (κ3) is 2.07. The molecule has 1 aromatic carbocycles. The number of H-pyrrole nitrogens is 1. The van der Waals surface area contributed by atoms with Crippen molar-refractivity contribution in [1.82, 2.24) is 4.98 Å². The lowest BCUT2D eigenvalue weighted by Crippen LogP contribution is -2.12. The van der Waals surface area contributed by atoms with Crippen LogP contribution in [0.5, 0.6) is 0 Å². The molecule has 0 bridgehead atoms. The van der Waals surface area contributed by atoms with Gasteiger partial charge in [0.05, 0.1) is 11.6 Å². The van der Waals surface area contributed by atoms with Crippen molar-refractivity contribution >= 4 is 10.9 Å². The lowest BCUT2D eigenvalue weighted by atomic mass is 10.0. The monoisotopic (exact) mass is 226 g/mol. The van der Waals surface area contributed by atoms with Crippen molar-refractivity contribution in [3.05, 3.63) is 45.2 Å². The van der Waals surface area contributed by atoms with Crippen molar-refractivity contribution < 1.29 is 0 Å². The van der Waals surface area contributed by atoms with E-state index in [1.165, 1.54) is 0 Å². The maximum absolute atomic E-state index is 11.8. The Hall–Kier alpha value is -2.08. The summed E-state index contributed by atoms with van der Waals surface area (Å²) in [6.07, 6.45) is 0.883. The van der Waals surface area contributed by atoms with E-state index < -0.39 is 0 Å². The van der Waals surface area contributed by atoms with E-state index in [1.54, 1.807) is 0 Å². The lowest BCUT2D eigenvalue weighted by molar-refractivity contribution is 0.983. The number of nitriles is 1. The van der Waals surface area contributed by atoms with E-state index in [4.69, 9.17) is 5.26 Å². The van der Waals surface area contributed by atoms with E-state index in [-0.39, 0.29) is 5.56 Å². The smallest absolute Gasteiger partial charge is 0.251 e. The molecule has 2 aromatic rings. The van der Waals surface area contributed by atoms with E-state index in [2.05, 4.69) is 11.1 Å². The van der Waals surface area contributed by atoms with Crippen molar-refractivity contribution in [2.24, 2.45) is 0 Å². The van der Waals surface area contributed by atoms with Crippen LogP contribution >= 0.6 is 0 Å². The maximum Gasteiger partial charge on any atom is 0.251 e. The molecular formula is C14H14N2O. The molecule has 0 saturated carbocycles. The van der Waals surface area contributed by atoms with Crippen LogP contribution in [-0.4, -0.2) is 4.98 Å². The van der Waals surface area contributed by atoms with Gasteiger partial charge in [-0.1, -0.05) is 12.1 Å². The van der Waals surface area contributed by atoms with Gasteiger partial charge in [-0.25, -0.2) is 0 Å². The van der Waals surface area contributed by atoms with Crippen LogP contribution in [0, 0.1) is 25.2 Å². The number of nitrogens with one attached hydrogen (secondary N) is 1. The zero-order valence-corrected chi connectivity index (χ0v) is 10.0. The van der Waals surface area contributed by atoms with Crippen LogP contribution in [0.3, 0.4) is 0 Å². The van der Waals surface area contributed by atoms with Crippen molar-refractivity contribution in [1.29, 1.82) is 5.26 Å². The Labute approximate surface area is 99.7 Å². The van der Waals surface area contributed by atoms with Gasteiger partial charge >= 0.3 is 0 Å². The largest absolute Gasteiger partial charge is 0.321 e. The Bertz CT molecular complexity index is 662. The van der Waals surface area contributed by atoms with E-state index in [9.17, 15) is 4.79 Å². The number of aryl methyl sites for hydroxylation is 3. The summed E-state index contributed by atoms with van der Waals surface area (Å²) in [6.45, 7) is 4.03. The second kappa shape index (κ2) is 4.42. The first-order valence-electron chi connectivity index (χ1n) is 5.62. The van der Waals surface area contributed by atoms with Gasteiger partial charge in [-0.05, 0) is 42.8 Å². The van der Waals surface area contributed by atoms with Gasteiger partial charge in [0, 0.05) is 12.0 Å². The summed E-state index contributed by atoms with van der Waals surface area (Å²) in [4.78, 5) is 14.7. The van der Waals surface area contributed by atoms with Gasteiger partial charge in [0.2, 0.25) is 0 Å². The van der Waals surface area contributed by atoms with Gasteiger partial charge in [-0.2, -0.15) is 5.26 Å². The predicted octanol–water partition coefficient (Wildman–Crippen LogP) is 2.60. The summed E-state index contributed by atoms with van der Waals surface area (Å²) in [6, 6.07) is 8.00. The van der Waals surface area contributed by atoms with Gasteiger partial charge < -0.3 is 4.98 Å². The minimum absolute atomic E-state index is 0.0820. The average Bonchev–Trinajstić information content (AvgIpc) is 2.32. The van der Waals surface area contributed by atoms with Crippen molar-refractivity contribution in [3.8, 4) is 6.07 Å². The second-order valence-electron chi connectivity index (χ2n) is 4.25. The van der Waals surface area contributed by atoms with Gasteiger partial charge in [0.25, 0.3) is 5.56 Å². The minimum Gasteiger partial charge on any atom is -0.321 e. The molecule has 2 rings (SSSR count). The summed E-state index contributed by atoms with van der Waals surface area (Å²) in [5.41, 5.74) is 3.77. The third-order valence-electron chi connectivity index (χ3n) is 3.13. The van der Waals surface area contributed by atoms with Crippen molar-refractivity contribution in [2.45, 2.75) is 26.7 Å². The first-order chi connectivity index (χ1) is 8.13. The summed E-state index contributed by atoms with van der Waals surface area (Å²) in [7, 11) is 0. The number of hydrogen-bond acceptors (Lipinski definition) is 2. The molecule has 0 atom stereocenters. The molecule has 0 amide bonds. The Morgan fingerprint density at radius 3 is 2.82 bits per heavy atom. The predicted molar refractivity (Wildman–Crippen MR) is 68.0 cm³/mol. The molecule has 0 radical (unpaired) electrons. The maximum atomic E-state index is 11.8. The first-order valence-corrected chi connectivity index (χ1v) is 5.62. The fraction of sp³-hybridized carbons (Fsp3) is 0.286. The lowest BCUT2D eigenvalue weighted by Gasteiger charge is -2.07. The molecule has 0 unspecified atom stereocenters. The molecule has 0 aliphatic rings. The zero-order chi connectivity index (χ0) is 12.4. The van der Waals surface area contributed by atoms with Crippen LogP contribution in [0.2, 0.25) is 0 Å². The van der Waals surface area contributed by atoms with E-state index in [0.29, 0.717) is 18.4 Å². The molecule has 0 saturated heterocycles. The Morgan fingerprint density at radius 1 is 1.35 bits per heavy atom. The number of fused-ring (bicyclic) bond motifs is 1. The summed E-state index contributed by atoms with van der Waals surface area (Å²) < 4.78 is 0. The molecule has 1 heterocycles. The van der Waals surface area contributed by atoms with Gasteiger partial charge in [-0.15, -0.1) is 0 Å². The van der Waals surface area contributed by atoms with Gasteiger partial charge in [-0.3, -0.25) is 4.79 Å². The van der Waals surface area contributed by atoms with Crippen molar-refractivity contribution in [3.63, 3.8) is 0 Å². The number of aromatic nitrogens is 1. The highest BCUT2D eigenvalue weighted by molar-refractivity contribution is 5.83. The van der Waals surface area contributed by atoms with Crippen LogP contribution in [0.15, 0.2) is 23.0 Å². The average molecular weight is 226 g/mol. The van der Waals surface area contributed by atoms with Crippen LogP contribution in [0.25, 0.3) is 10.9 Å². The number of rotatable bonds is 2. The van der Waals surface area contributed by atoms with Crippen LogP contribution in [-0.2, 0) is 6.42 Å². The van der Waals surface area contributed by atoms with E-state index in [1.807, 2.05) is 32.0 Å². The molecule has 17 heavy (non-hydrogen) atoms. The molecule has 0 spiro atoms. The molecule has 86 valence electrons. The zero-order valence-electron chi connectivity index (χ0n) is 10.0. The highest BCUT2D eigenvalue weighted by Crippen LogP contribution is 2.19. The summed E-state index contributed by atoms with van der Waals surface area (Å²) >= 11 is 0. The Morgan fingerprint density at radius 2 is 2.12 bits per heavy atom. The molecule has 0 aliphatic carbocycles. The topological polar surface area (TPSA) is 56.6 Å². The second-order valence-corrected chi connectivity index (χ2v) is 4.25. The fourth-order valence-corrected chi connectivity index (χ4v) is 1.95. The van der Waals surface area contributed by atoms with Crippen LogP contribution < -0.4 is 5.56 Å². The number of pyridine rings is 1. The highest BCUT2D eigenvalue weighted by atomic mass is 16.1. The fourth-order valence-electron chi connectivity index (χ4n) is 1.95. The number of nitrogens with zero attached hydrogens (tertiary/aromatic N) is 1. The highest BCUT2D eigenvalue weighted by Gasteiger charge is 2.05. The molecule has 0 aliphatic heterocycles. The number of aromatic amines is 1. The molecule has 0 fully saturated rings. The summed E-state index contributed by atoms with van der Waals surface area (Å²) in [5.74, 6) is 0. The van der Waals surface area contributed by atoms with Gasteiger partial charge in [0.15, 0.2) is 0 Å². The van der Waals surface area contributed by atoms with Crippen LogP contribution in [0.4, 0.5) is 0 Å². The number of hydrogen-bond donors (Lipinski definition) is 1. The SMILES string of the molecule is Cc1ccc2cc(CCC#N)c(=O)[nH]c2c1C.